The van der Waals surface area contributed by atoms with E-state index >= 15 is 0 Å². The average Bonchev–Trinajstić information content (AvgIpc) is 3.33. The van der Waals surface area contributed by atoms with Crippen LogP contribution in [-0.4, -0.2) is 62.9 Å². The second-order valence-corrected chi connectivity index (χ2v) is 10.2. The molecule has 0 saturated carbocycles. The number of sulfonamides is 1. The van der Waals surface area contributed by atoms with Crippen molar-refractivity contribution in [2.45, 2.75) is 24.3 Å². The van der Waals surface area contributed by atoms with Gasteiger partial charge in [0.05, 0.1) is 4.90 Å². The summed E-state index contributed by atoms with van der Waals surface area (Å²) < 4.78 is 27.0. The molecule has 4 rings (SSSR count). The number of piperazine rings is 1. The zero-order valence-electron chi connectivity index (χ0n) is 17.3. The number of nitrogens with zero attached hydrogens (tertiary/aromatic N) is 3. The molecule has 2 amide bonds. The third kappa shape index (κ3) is 5.14. The van der Waals surface area contributed by atoms with Crippen LogP contribution in [-0.2, 0) is 16.6 Å². The number of hydrogen-bond acceptors (Lipinski definition) is 4. The summed E-state index contributed by atoms with van der Waals surface area (Å²) in [6, 6.07) is 14.4. The lowest BCUT2D eigenvalue weighted by atomic mass is 10.2. The van der Waals surface area contributed by atoms with E-state index in [1.807, 2.05) is 12.1 Å². The van der Waals surface area contributed by atoms with Gasteiger partial charge in [-0.05, 0) is 48.7 Å². The van der Waals surface area contributed by atoms with Crippen LogP contribution in [0.25, 0.3) is 0 Å². The molecule has 9 heteroatoms. The normalized spacial score (nSPS) is 17.7. The van der Waals surface area contributed by atoms with Gasteiger partial charge in [0.1, 0.15) is 0 Å². The van der Waals surface area contributed by atoms with E-state index in [0.717, 1.165) is 18.7 Å². The minimum absolute atomic E-state index is 0.176. The highest BCUT2D eigenvalue weighted by Crippen LogP contribution is 2.22. The van der Waals surface area contributed by atoms with Gasteiger partial charge >= 0.3 is 6.03 Å². The second kappa shape index (κ2) is 9.46. The number of amides is 2. The van der Waals surface area contributed by atoms with Crippen molar-refractivity contribution in [2.24, 2.45) is 0 Å². The number of hydrogen-bond donors (Lipinski definition) is 1. The Kier molecular flexibility index (Phi) is 6.69. The molecule has 0 aliphatic carbocycles. The van der Waals surface area contributed by atoms with Gasteiger partial charge in [0, 0.05) is 56.5 Å². The van der Waals surface area contributed by atoms with Crippen molar-refractivity contribution in [3.63, 3.8) is 0 Å². The van der Waals surface area contributed by atoms with E-state index in [1.54, 1.807) is 17.0 Å². The lowest BCUT2D eigenvalue weighted by Gasteiger charge is -2.34. The van der Waals surface area contributed by atoms with E-state index in [0.29, 0.717) is 24.7 Å². The second-order valence-electron chi connectivity index (χ2n) is 7.87. The van der Waals surface area contributed by atoms with E-state index < -0.39 is 10.0 Å². The van der Waals surface area contributed by atoms with Crippen molar-refractivity contribution in [3.8, 4) is 0 Å². The number of anilines is 1. The van der Waals surface area contributed by atoms with Crippen molar-refractivity contribution in [3.05, 3.63) is 59.1 Å². The van der Waals surface area contributed by atoms with Crippen LogP contribution in [0.2, 0.25) is 5.02 Å². The predicted octanol–water partition coefficient (Wildman–Crippen LogP) is 3.16. The number of nitrogens with one attached hydrogen (secondary N) is 1. The zero-order chi connectivity index (χ0) is 21.8. The molecule has 2 aromatic rings. The number of urea groups is 1. The maximum Gasteiger partial charge on any atom is 0.317 e. The first kappa shape index (κ1) is 21.9. The maximum absolute atomic E-state index is 12.8. The Morgan fingerprint density at radius 3 is 2.26 bits per heavy atom. The standard InChI is InChI=1S/C22H27ClN4O3S/c23-19-4-3-5-21(16-19)31(29,30)27-14-12-26(13-15-27)22(28)24-17-18-6-8-20(9-7-18)25-10-1-2-11-25/h3-9,16H,1-2,10-15,17H2,(H,24,28). The summed E-state index contributed by atoms with van der Waals surface area (Å²) in [5.74, 6) is 0. The summed E-state index contributed by atoms with van der Waals surface area (Å²) in [7, 11) is -3.61. The van der Waals surface area contributed by atoms with E-state index in [4.69, 9.17) is 11.6 Å². The largest absolute Gasteiger partial charge is 0.372 e. The van der Waals surface area contributed by atoms with Gasteiger partial charge in [0.15, 0.2) is 0 Å². The molecule has 0 aromatic heterocycles. The van der Waals surface area contributed by atoms with Crippen LogP contribution in [0.15, 0.2) is 53.4 Å². The van der Waals surface area contributed by atoms with Crippen LogP contribution in [0.1, 0.15) is 18.4 Å². The van der Waals surface area contributed by atoms with Crippen molar-refractivity contribution in [2.75, 3.05) is 44.2 Å². The third-order valence-electron chi connectivity index (χ3n) is 5.81. The van der Waals surface area contributed by atoms with Crippen LogP contribution >= 0.6 is 11.6 Å². The average molecular weight is 463 g/mol. The fourth-order valence-electron chi connectivity index (χ4n) is 4.00. The molecular formula is C22H27ClN4O3S. The number of carbonyl (C=O) groups is 1. The van der Waals surface area contributed by atoms with Gasteiger partial charge in [-0.2, -0.15) is 4.31 Å². The van der Waals surface area contributed by atoms with Crippen LogP contribution in [0.3, 0.4) is 0 Å². The molecule has 0 unspecified atom stereocenters. The molecular weight excluding hydrogens is 436 g/mol. The molecule has 0 atom stereocenters. The quantitative estimate of drug-likeness (QED) is 0.740. The van der Waals surface area contributed by atoms with E-state index in [9.17, 15) is 13.2 Å². The highest BCUT2D eigenvalue weighted by atomic mass is 35.5. The number of rotatable bonds is 5. The Morgan fingerprint density at radius 2 is 1.61 bits per heavy atom. The van der Waals surface area contributed by atoms with E-state index in [2.05, 4.69) is 22.3 Å². The molecule has 2 aliphatic rings. The Balaban J connectivity index is 1.27. The molecule has 1 N–H and O–H groups in total. The first-order valence-electron chi connectivity index (χ1n) is 10.6. The van der Waals surface area contributed by atoms with Gasteiger partial charge < -0.3 is 15.1 Å². The molecule has 0 radical (unpaired) electrons. The molecule has 31 heavy (non-hydrogen) atoms. The van der Waals surface area contributed by atoms with Crippen LogP contribution in [0.5, 0.6) is 0 Å². The van der Waals surface area contributed by atoms with Crippen molar-refractivity contribution < 1.29 is 13.2 Å². The molecule has 0 spiro atoms. The first-order chi connectivity index (χ1) is 14.9. The lowest BCUT2D eigenvalue weighted by Crippen LogP contribution is -2.52. The predicted molar refractivity (Wildman–Crippen MR) is 122 cm³/mol. The van der Waals surface area contributed by atoms with Gasteiger partial charge in [-0.1, -0.05) is 29.8 Å². The van der Waals surface area contributed by atoms with Crippen molar-refractivity contribution in [1.29, 1.82) is 0 Å². The topological polar surface area (TPSA) is 73.0 Å². The summed E-state index contributed by atoms with van der Waals surface area (Å²) in [4.78, 5) is 16.7. The highest BCUT2D eigenvalue weighted by Gasteiger charge is 2.30. The summed E-state index contributed by atoms with van der Waals surface area (Å²) in [6.45, 7) is 3.86. The number of benzene rings is 2. The molecule has 7 nitrogen and oxygen atoms in total. The maximum atomic E-state index is 12.8. The summed E-state index contributed by atoms with van der Waals surface area (Å²) in [5, 5.41) is 3.32. The Morgan fingerprint density at radius 1 is 0.935 bits per heavy atom. The molecule has 2 saturated heterocycles. The molecule has 166 valence electrons. The fraction of sp³-hybridized carbons (Fsp3) is 0.409. The van der Waals surface area contributed by atoms with Gasteiger partial charge in [-0.3, -0.25) is 0 Å². The van der Waals surface area contributed by atoms with Crippen LogP contribution < -0.4 is 10.2 Å². The summed E-state index contributed by atoms with van der Waals surface area (Å²) in [5.41, 5.74) is 2.27. The summed E-state index contributed by atoms with van der Waals surface area (Å²) in [6.07, 6.45) is 2.48. The minimum Gasteiger partial charge on any atom is -0.372 e. The SMILES string of the molecule is O=C(NCc1ccc(N2CCCC2)cc1)N1CCN(S(=O)(=O)c2cccc(Cl)c2)CC1. The molecule has 0 bridgehead atoms. The summed E-state index contributed by atoms with van der Waals surface area (Å²) >= 11 is 5.93. The highest BCUT2D eigenvalue weighted by molar-refractivity contribution is 7.89. The van der Waals surface area contributed by atoms with Gasteiger partial charge in [0.2, 0.25) is 10.0 Å². The zero-order valence-corrected chi connectivity index (χ0v) is 18.9. The van der Waals surface area contributed by atoms with E-state index in [1.165, 1.54) is 35.0 Å². The first-order valence-corrected chi connectivity index (χ1v) is 12.4. The molecule has 2 aliphatic heterocycles. The van der Waals surface area contributed by atoms with E-state index in [-0.39, 0.29) is 24.0 Å². The van der Waals surface area contributed by atoms with Crippen LogP contribution in [0, 0.1) is 0 Å². The third-order valence-corrected chi connectivity index (χ3v) is 7.94. The Bertz CT molecular complexity index is 1020. The Hall–Kier alpha value is -2.29. The minimum atomic E-state index is -3.61. The number of halogens is 1. The lowest BCUT2D eigenvalue weighted by molar-refractivity contribution is 0.172. The van der Waals surface area contributed by atoms with Gasteiger partial charge in [0.25, 0.3) is 0 Å². The van der Waals surface area contributed by atoms with Crippen LogP contribution in [0.4, 0.5) is 10.5 Å². The Labute approximate surface area is 188 Å². The van der Waals surface area contributed by atoms with Gasteiger partial charge in [-0.25, -0.2) is 13.2 Å². The van der Waals surface area contributed by atoms with Crippen molar-refractivity contribution >= 4 is 33.3 Å². The monoisotopic (exact) mass is 462 g/mol. The molecule has 2 heterocycles. The fourth-order valence-corrected chi connectivity index (χ4v) is 5.72. The molecule has 2 fully saturated rings. The number of carbonyl (C=O) groups excluding carboxylic acids is 1. The smallest absolute Gasteiger partial charge is 0.317 e. The molecule has 2 aromatic carbocycles. The van der Waals surface area contributed by atoms with Crippen molar-refractivity contribution in [1.82, 2.24) is 14.5 Å². The van der Waals surface area contributed by atoms with Gasteiger partial charge in [-0.15, -0.1) is 0 Å².